The van der Waals surface area contributed by atoms with Crippen LogP contribution in [0.4, 0.5) is 0 Å². The van der Waals surface area contributed by atoms with E-state index in [0.717, 1.165) is 5.56 Å². The second kappa shape index (κ2) is 13.1. The van der Waals surface area contributed by atoms with E-state index in [1.54, 1.807) is 18.2 Å². The van der Waals surface area contributed by atoms with Crippen molar-refractivity contribution in [2.24, 2.45) is 11.7 Å². The van der Waals surface area contributed by atoms with Crippen molar-refractivity contribution >= 4 is 16.0 Å². The number of nitrogens with zero attached hydrogens (tertiary/aromatic N) is 1. The number of hydrogen-bond acceptors (Lipinski definition) is 9. The summed E-state index contributed by atoms with van der Waals surface area (Å²) < 4.78 is 48.9. The van der Waals surface area contributed by atoms with E-state index >= 15 is 0 Å². The van der Waals surface area contributed by atoms with E-state index in [0.29, 0.717) is 43.1 Å². The van der Waals surface area contributed by atoms with E-state index in [-0.39, 0.29) is 36.7 Å². The lowest BCUT2D eigenvalue weighted by atomic mass is 10.0. The quantitative estimate of drug-likeness (QED) is 0.275. The van der Waals surface area contributed by atoms with Gasteiger partial charge in [0.05, 0.1) is 24.7 Å². The minimum absolute atomic E-state index is 0.0346. The van der Waals surface area contributed by atoms with Gasteiger partial charge in [-0.3, -0.25) is 4.79 Å². The van der Waals surface area contributed by atoms with Gasteiger partial charge in [0.15, 0.2) is 11.5 Å². The molecule has 3 rings (SSSR count). The van der Waals surface area contributed by atoms with Crippen LogP contribution in [0.15, 0.2) is 47.4 Å². The van der Waals surface area contributed by atoms with Crippen LogP contribution in [-0.2, 0) is 26.0 Å². The Morgan fingerprint density at radius 3 is 2.49 bits per heavy atom. The smallest absolute Gasteiger partial charge is 0.305 e. The number of nitrogens with two attached hydrogens (primary N) is 1. The van der Waals surface area contributed by atoms with Crippen LogP contribution in [0.2, 0.25) is 0 Å². The number of fused-ring (bicyclic) bond motifs is 1. The predicted octanol–water partition coefficient (Wildman–Crippen LogP) is 2.32. The van der Waals surface area contributed by atoms with E-state index in [9.17, 15) is 18.3 Å². The summed E-state index contributed by atoms with van der Waals surface area (Å²) in [4.78, 5) is 11.2. The van der Waals surface area contributed by atoms with Crippen LogP contribution >= 0.6 is 0 Å². The van der Waals surface area contributed by atoms with Crippen molar-refractivity contribution in [1.29, 1.82) is 0 Å². The van der Waals surface area contributed by atoms with Crippen LogP contribution in [-0.4, -0.2) is 69.5 Å². The van der Waals surface area contributed by atoms with Gasteiger partial charge < -0.3 is 29.8 Å². The Kier molecular flexibility index (Phi) is 10.2. The minimum atomic E-state index is -3.91. The standard InChI is InChI=1S/C26H36N2O8S/c1-18(2)15-28(37(31,32)21-10-11-24-25(14-21)36-17-35-24)16-23(29)22(27)13-19-6-8-20(9-7-19)34-12-4-5-26(30)33-3/h6-11,14,18,22-23,29H,4-5,12-13,15-17,27H2,1-3H3. The summed E-state index contributed by atoms with van der Waals surface area (Å²) in [5.74, 6) is 1.28. The number of carbonyl (C=O) groups excluding carboxylic acids is 1. The number of carbonyl (C=O) groups is 1. The molecule has 0 saturated carbocycles. The monoisotopic (exact) mass is 536 g/mol. The number of rotatable bonds is 14. The number of sulfonamides is 1. The summed E-state index contributed by atoms with van der Waals surface area (Å²) in [6.07, 6.45) is 0.105. The van der Waals surface area contributed by atoms with E-state index in [2.05, 4.69) is 4.74 Å². The maximum absolute atomic E-state index is 13.4. The molecule has 1 heterocycles. The zero-order valence-electron chi connectivity index (χ0n) is 21.5. The number of hydrogen-bond donors (Lipinski definition) is 2. The number of aliphatic hydroxyl groups is 1. The maximum atomic E-state index is 13.4. The fraction of sp³-hybridized carbons (Fsp3) is 0.500. The highest BCUT2D eigenvalue weighted by molar-refractivity contribution is 7.89. The highest BCUT2D eigenvalue weighted by Gasteiger charge is 2.31. The van der Waals surface area contributed by atoms with Gasteiger partial charge in [-0.2, -0.15) is 4.31 Å². The molecule has 2 aromatic rings. The molecule has 1 aliphatic heterocycles. The zero-order valence-corrected chi connectivity index (χ0v) is 22.3. The molecule has 0 bridgehead atoms. The molecule has 0 aromatic heterocycles. The van der Waals surface area contributed by atoms with Gasteiger partial charge in [-0.05, 0) is 48.6 Å². The van der Waals surface area contributed by atoms with Crippen molar-refractivity contribution in [2.45, 2.75) is 50.2 Å². The van der Waals surface area contributed by atoms with Gasteiger partial charge in [-0.25, -0.2) is 8.42 Å². The lowest BCUT2D eigenvalue weighted by Crippen LogP contribution is -2.47. The Bertz CT molecular complexity index is 1140. The number of esters is 1. The maximum Gasteiger partial charge on any atom is 0.305 e. The molecule has 0 saturated heterocycles. The van der Waals surface area contributed by atoms with E-state index in [1.807, 2.05) is 26.0 Å². The lowest BCUT2D eigenvalue weighted by molar-refractivity contribution is -0.140. The summed E-state index contributed by atoms with van der Waals surface area (Å²) >= 11 is 0. The van der Waals surface area contributed by atoms with Gasteiger partial charge in [-0.1, -0.05) is 26.0 Å². The third-order valence-corrected chi connectivity index (χ3v) is 7.68. The predicted molar refractivity (Wildman–Crippen MR) is 137 cm³/mol. The largest absolute Gasteiger partial charge is 0.494 e. The first-order chi connectivity index (χ1) is 17.6. The second-order valence-corrected chi connectivity index (χ2v) is 11.3. The molecule has 0 amide bonds. The number of ether oxygens (including phenoxy) is 4. The van der Waals surface area contributed by atoms with Crippen LogP contribution in [0.25, 0.3) is 0 Å². The summed E-state index contributed by atoms with van der Waals surface area (Å²) in [6, 6.07) is 11.1. The molecule has 11 heteroatoms. The molecule has 10 nitrogen and oxygen atoms in total. The Morgan fingerprint density at radius 1 is 1.11 bits per heavy atom. The average molecular weight is 537 g/mol. The Hall–Kier alpha value is -2.86. The highest BCUT2D eigenvalue weighted by Crippen LogP contribution is 2.34. The molecule has 0 fully saturated rings. The molecule has 204 valence electrons. The van der Waals surface area contributed by atoms with Crippen molar-refractivity contribution in [3.8, 4) is 17.2 Å². The molecule has 0 radical (unpaired) electrons. The molecule has 37 heavy (non-hydrogen) atoms. The van der Waals surface area contributed by atoms with Crippen molar-refractivity contribution < 1.29 is 37.3 Å². The molecule has 2 unspecified atom stereocenters. The first kappa shape index (κ1) is 28.7. The van der Waals surface area contributed by atoms with Crippen LogP contribution < -0.4 is 19.9 Å². The summed E-state index contributed by atoms with van der Waals surface area (Å²) in [6.45, 7) is 4.34. The Balaban J connectivity index is 1.59. The van der Waals surface area contributed by atoms with Gasteiger partial charge in [-0.15, -0.1) is 0 Å². The van der Waals surface area contributed by atoms with Gasteiger partial charge in [0.2, 0.25) is 16.8 Å². The third-order valence-electron chi connectivity index (χ3n) is 5.85. The fourth-order valence-corrected chi connectivity index (χ4v) is 5.48. The SMILES string of the molecule is COC(=O)CCCOc1ccc(CC(N)C(O)CN(CC(C)C)S(=O)(=O)c2ccc3c(c2)OCO3)cc1. The van der Waals surface area contributed by atoms with Gasteiger partial charge in [0, 0.05) is 31.6 Å². The van der Waals surface area contributed by atoms with Crippen LogP contribution in [0.5, 0.6) is 17.2 Å². The van der Waals surface area contributed by atoms with Crippen molar-refractivity contribution in [2.75, 3.05) is 33.6 Å². The lowest BCUT2D eigenvalue weighted by Gasteiger charge is -2.28. The summed E-state index contributed by atoms with van der Waals surface area (Å²) in [5, 5.41) is 10.9. The van der Waals surface area contributed by atoms with E-state index in [4.69, 9.17) is 19.9 Å². The highest BCUT2D eigenvalue weighted by atomic mass is 32.2. The first-order valence-corrected chi connectivity index (χ1v) is 13.7. The average Bonchev–Trinajstić information content (AvgIpc) is 3.34. The molecule has 0 aliphatic carbocycles. The van der Waals surface area contributed by atoms with E-state index < -0.39 is 22.2 Å². The second-order valence-electron chi connectivity index (χ2n) is 9.34. The number of aliphatic hydroxyl groups excluding tert-OH is 1. The molecule has 3 N–H and O–H groups in total. The van der Waals surface area contributed by atoms with E-state index in [1.165, 1.54) is 23.5 Å². The normalized spacial score (nSPS) is 14.6. The van der Waals surface area contributed by atoms with Crippen LogP contribution in [0, 0.1) is 5.92 Å². The van der Waals surface area contributed by atoms with Gasteiger partial charge >= 0.3 is 5.97 Å². The van der Waals surface area contributed by atoms with Crippen LogP contribution in [0.1, 0.15) is 32.3 Å². The summed E-state index contributed by atoms with van der Waals surface area (Å²) in [7, 11) is -2.56. The molecule has 1 aliphatic rings. The molecular weight excluding hydrogens is 500 g/mol. The summed E-state index contributed by atoms with van der Waals surface area (Å²) in [5.41, 5.74) is 7.16. The Morgan fingerprint density at radius 2 is 1.81 bits per heavy atom. The Labute approximate surface area is 218 Å². The number of benzene rings is 2. The van der Waals surface area contributed by atoms with Crippen molar-refractivity contribution in [3.63, 3.8) is 0 Å². The van der Waals surface area contributed by atoms with Gasteiger partial charge in [0.1, 0.15) is 5.75 Å². The van der Waals surface area contributed by atoms with Gasteiger partial charge in [0.25, 0.3) is 0 Å². The van der Waals surface area contributed by atoms with Crippen molar-refractivity contribution in [3.05, 3.63) is 48.0 Å². The topological polar surface area (TPSA) is 138 Å². The third kappa shape index (κ3) is 8.06. The molecule has 2 atom stereocenters. The molecular formula is C26H36N2O8S. The zero-order chi connectivity index (χ0) is 27.0. The molecule has 0 spiro atoms. The number of methoxy groups -OCH3 is 1. The fourth-order valence-electron chi connectivity index (χ4n) is 3.85. The van der Waals surface area contributed by atoms with Crippen LogP contribution in [0.3, 0.4) is 0 Å². The van der Waals surface area contributed by atoms with Crippen molar-refractivity contribution in [1.82, 2.24) is 4.31 Å². The molecule has 2 aromatic carbocycles. The first-order valence-electron chi connectivity index (χ1n) is 12.2. The minimum Gasteiger partial charge on any atom is -0.494 e.